The van der Waals surface area contributed by atoms with Crippen LogP contribution < -0.4 is 10.5 Å². The van der Waals surface area contributed by atoms with Crippen LogP contribution in [-0.2, 0) is 14.3 Å². The molecule has 0 aliphatic carbocycles. The topological polar surface area (TPSA) is 285 Å². The number of halogens is 1. The fourth-order valence-electron chi connectivity index (χ4n) is 5.67. The van der Waals surface area contributed by atoms with Crippen LogP contribution in [0.5, 0.6) is 0 Å². The Labute approximate surface area is 407 Å². The minimum Gasteiger partial charge on any atom is -0.478 e. The molecule has 0 saturated heterocycles. The number of esters is 1. The lowest BCUT2D eigenvalue weighted by Crippen LogP contribution is -2.29. The molecule has 5 N–H and O–H groups in total. The molecular formula is C50H42BBrN2O16. The molecule has 0 atom stereocenters. The fourth-order valence-corrected chi connectivity index (χ4v) is 5.99. The smallest absolute Gasteiger partial charge is 0.478 e. The number of aldehydes is 2. The first kappa shape index (κ1) is 53.9. The van der Waals surface area contributed by atoms with Gasteiger partial charge in [-0.25, -0.2) is 14.4 Å². The Hall–Kier alpha value is -8.72. The molecule has 0 radical (unpaired) electrons. The van der Waals surface area contributed by atoms with Gasteiger partial charge in [0.05, 0.1) is 40.3 Å². The summed E-state index contributed by atoms with van der Waals surface area (Å²) in [4.78, 5) is 74.8. The fraction of sp³-hybridized carbons (Fsp3) is 0.0800. The molecular weight excluding hydrogens is 975 g/mol. The number of carbonyl (C=O) groups excluding carboxylic acids is 4. The monoisotopic (exact) mass is 1020 g/mol. The molecule has 4 aromatic carbocycles. The number of hydrazone groups is 1. The van der Waals surface area contributed by atoms with E-state index in [1.165, 1.54) is 60.5 Å². The van der Waals surface area contributed by atoms with Gasteiger partial charge in [0.2, 0.25) is 0 Å². The molecule has 7 aromatic rings. The van der Waals surface area contributed by atoms with Crippen molar-refractivity contribution < 1.29 is 76.9 Å². The highest BCUT2D eigenvalue weighted by atomic mass is 79.9. The van der Waals surface area contributed by atoms with Crippen LogP contribution in [0.4, 0.5) is 5.69 Å². The molecule has 3 aromatic heterocycles. The van der Waals surface area contributed by atoms with Gasteiger partial charge in [-0.15, -0.1) is 0 Å². The summed E-state index contributed by atoms with van der Waals surface area (Å²) in [5, 5.41) is 49.2. The Kier molecular flexibility index (Phi) is 20.5. The van der Waals surface area contributed by atoms with Crippen LogP contribution in [0.3, 0.4) is 0 Å². The Balaban J connectivity index is 0.000000214. The van der Waals surface area contributed by atoms with Gasteiger partial charge < -0.3 is 43.4 Å². The number of carboxylic acids is 3. The van der Waals surface area contributed by atoms with E-state index in [2.05, 4.69) is 25.8 Å². The first-order valence-corrected chi connectivity index (χ1v) is 21.3. The molecule has 1 aliphatic heterocycles. The van der Waals surface area contributed by atoms with E-state index in [9.17, 15) is 33.6 Å². The van der Waals surface area contributed by atoms with Crippen molar-refractivity contribution in [2.45, 2.75) is 20.8 Å². The van der Waals surface area contributed by atoms with Gasteiger partial charge in [-0.05, 0) is 126 Å². The molecule has 0 bridgehead atoms. The van der Waals surface area contributed by atoms with E-state index in [0.29, 0.717) is 63.9 Å². The van der Waals surface area contributed by atoms with Crippen molar-refractivity contribution >= 4 is 88.3 Å². The number of furan rings is 3. The summed E-state index contributed by atoms with van der Waals surface area (Å²) in [5.41, 5.74) is 4.09. The van der Waals surface area contributed by atoms with Crippen LogP contribution >= 0.6 is 15.9 Å². The van der Waals surface area contributed by atoms with Crippen LogP contribution in [-0.4, -0.2) is 87.2 Å². The Morgan fingerprint density at radius 2 is 1.09 bits per heavy atom. The molecule has 358 valence electrons. The molecule has 70 heavy (non-hydrogen) atoms. The first-order valence-electron chi connectivity index (χ1n) is 20.5. The number of rotatable bonds is 11. The molecule has 0 fully saturated rings. The molecule has 20 heteroatoms. The number of hydrogen-bond acceptors (Lipinski definition) is 14. The minimum absolute atomic E-state index is 0.124. The summed E-state index contributed by atoms with van der Waals surface area (Å²) < 4.78 is 20.8. The number of carbonyl (C=O) groups is 7. The Bertz CT molecular complexity index is 2950. The third-order valence-corrected chi connectivity index (χ3v) is 9.49. The van der Waals surface area contributed by atoms with Gasteiger partial charge in [0, 0.05) is 18.1 Å². The molecule has 0 saturated carbocycles. The molecule has 1 amide bonds. The number of benzene rings is 4. The van der Waals surface area contributed by atoms with Crippen molar-refractivity contribution in [2.24, 2.45) is 5.10 Å². The molecule has 1 aliphatic rings. The quantitative estimate of drug-likeness (QED) is 0.0352. The molecule has 0 spiro atoms. The summed E-state index contributed by atoms with van der Waals surface area (Å²) in [5.74, 6) is -1.17. The van der Waals surface area contributed by atoms with E-state index < -0.39 is 25.0 Å². The van der Waals surface area contributed by atoms with Gasteiger partial charge in [0.25, 0.3) is 5.91 Å². The van der Waals surface area contributed by atoms with Crippen molar-refractivity contribution in [1.29, 1.82) is 0 Å². The van der Waals surface area contributed by atoms with Gasteiger partial charge in [-0.1, -0.05) is 54.6 Å². The second-order valence-corrected chi connectivity index (χ2v) is 14.7. The standard InChI is InChI=1S/C22H16N2O4.C12H8O4.C7H7BO4.C5H3BrO2.C4H8O2/c1-14-19(21(25)24(23-14)17-5-3-2-4-6-17)13-18-11-12-20(28-18)15-7-9-16(10-8-15)22(26)27;13-7-10-5-6-11(16-10)8-1-3-9(4-2-8)12(14)15;9-7(10)5-1-3-6(4-2-5)8(11)12;6-5-2-1-4(3-7)8-5;1-3-6-4(2)5/h2-13H,1H3,(H,26,27);1-7H,(H,14,15);1-4,11-12H,(H,9,10);1-3H;3H2,1-2H3/b19-13-;;;;. The third-order valence-electron chi connectivity index (χ3n) is 9.07. The molecule has 8 rings (SSSR count). The lowest BCUT2D eigenvalue weighted by atomic mass is 9.80. The second kappa shape index (κ2) is 26.6. The largest absolute Gasteiger partial charge is 0.488 e. The summed E-state index contributed by atoms with van der Waals surface area (Å²) in [7, 11) is -1.55. The van der Waals surface area contributed by atoms with E-state index in [1.54, 1.807) is 80.6 Å². The molecule has 18 nitrogen and oxygen atoms in total. The van der Waals surface area contributed by atoms with Crippen LogP contribution in [0.15, 0.2) is 168 Å². The van der Waals surface area contributed by atoms with Gasteiger partial charge in [-0.3, -0.25) is 19.2 Å². The number of aromatic carboxylic acids is 3. The van der Waals surface area contributed by atoms with Crippen molar-refractivity contribution in [3.8, 4) is 22.6 Å². The normalized spacial score (nSPS) is 11.7. The summed E-state index contributed by atoms with van der Waals surface area (Å²) in [6, 6.07) is 37.3. The number of hydrogen-bond donors (Lipinski definition) is 5. The highest BCUT2D eigenvalue weighted by Crippen LogP contribution is 2.28. The highest BCUT2D eigenvalue weighted by Gasteiger charge is 2.29. The third kappa shape index (κ3) is 16.3. The SMILES string of the molecule is CC1=NN(c2ccccc2)C(=O)/C1=C\c1ccc(-c2ccc(C(=O)O)cc2)o1.CCOC(C)=O.O=C(O)c1ccc(B(O)O)cc1.O=Cc1ccc(-c2ccc(C(=O)O)cc2)o1.O=Cc1ccc(Br)o1. The lowest BCUT2D eigenvalue weighted by molar-refractivity contribution is -0.140. The van der Waals surface area contributed by atoms with Crippen LogP contribution in [0.1, 0.15) is 78.7 Å². The number of carboxylic acid groups (broad SMARTS) is 3. The number of nitrogens with zero attached hydrogens (tertiary/aromatic N) is 2. The molecule has 4 heterocycles. The molecule has 0 unspecified atom stereocenters. The van der Waals surface area contributed by atoms with Crippen LogP contribution in [0.2, 0.25) is 0 Å². The van der Waals surface area contributed by atoms with Gasteiger partial charge in [0.1, 0.15) is 17.3 Å². The maximum atomic E-state index is 12.7. The number of para-hydroxylation sites is 1. The van der Waals surface area contributed by atoms with Crippen molar-refractivity contribution in [1.82, 2.24) is 0 Å². The van der Waals surface area contributed by atoms with Crippen LogP contribution in [0, 0.1) is 0 Å². The minimum atomic E-state index is -1.55. The summed E-state index contributed by atoms with van der Waals surface area (Å²) >= 11 is 3.05. The Morgan fingerprint density at radius 3 is 1.46 bits per heavy atom. The van der Waals surface area contributed by atoms with Crippen LogP contribution in [0.25, 0.3) is 28.7 Å². The van der Waals surface area contributed by atoms with E-state index in [0.717, 1.165) is 11.1 Å². The predicted molar refractivity (Wildman–Crippen MR) is 260 cm³/mol. The van der Waals surface area contributed by atoms with Gasteiger partial charge in [0.15, 0.2) is 28.8 Å². The zero-order valence-electron chi connectivity index (χ0n) is 37.3. The average molecular weight is 1020 g/mol. The zero-order chi connectivity index (χ0) is 51.3. The van der Waals surface area contributed by atoms with Gasteiger partial charge in [-0.2, -0.15) is 10.1 Å². The Morgan fingerprint density at radius 1 is 0.643 bits per heavy atom. The van der Waals surface area contributed by atoms with E-state index in [1.807, 2.05) is 30.3 Å². The van der Waals surface area contributed by atoms with Crippen molar-refractivity contribution in [3.63, 3.8) is 0 Å². The van der Waals surface area contributed by atoms with Crippen molar-refractivity contribution in [2.75, 3.05) is 11.6 Å². The second-order valence-electron chi connectivity index (χ2n) is 14.0. The number of amides is 1. The lowest BCUT2D eigenvalue weighted by Gasteiger charge is -2.10. The highest BCUT2D eigenvalue weighted by molar-refractivity contribution is 9.10. The van der Waals surface area contributed by atoms with E-state index >= 15 is 0 Å². The number of anilines is 1. The first-order chi connectivity index (χ1) is 33.4. The van der Waals surface area contributed by atoms with E-state index in [4.69, 9.17) is 38.6 Å². The maximum absolute atomic E-state index is 12.7. The zero-order valence-corrected chi connectivity index (χ0v) is 38.9. The maximum Gasteiger partial charge on any atom is 0.488 e. The predicted octanol–water partition coefficient (Wildman–Crippen LogP) is 8.40. The average Bonchev–Trinajstić information content (AvgIpc) is 4.19. The summed E-state index contributed by atoms with van der Waals surface area (Å²) in [6.07, 6.45) is 2.94. The van der Waals surface area contributed by atoms with Crippen molar-refractivity contribution in [3.05, 3.63) is 184 Å². The van der Waals surface area contributed by atoms with Gasteiger partial charge >= 0.3 is 31.0 Å². The van der Waals surface area contributed by atoms with E-state index in [-0.39, 0.29) is 39.8 Å². The summed E-state index contributed by atoms with van der Waals surface area (Å²) in [6.45, 7) is 5.43. The number of ether oxygens (including phenoxy) is 1.